The van der Waals surface area contributed by atoms with Gasteiger partial charge in [-0.15, -0.1) is 6.58 Å². The quantitative estimate of drug-likeness (QED) is 0.0706. The van der Waals surface area contributed by atoms with Gasteiger partial charge >= 0.3 is 6.09 Å². The Bertz CT molecular complexity index is 3360. The van der Waals surface area contributed by atoms with Gasteiger partial charge in [-0.25, -0.2) is 18.7 Å². The van der Waals surface area contributed by atoms with Gasteiger partial charge in [0.25, 0.3) is 17.4 Å². The summed E-state index contributed by atoms with van der Waals surface area (Å²) in [6.07, 6.45) is 2.02. The van der Waals surface area contributed by atoms with Crippen LogP contribution in [-0.4, -0.2) is 114 Å². The van der Waals surface area contributed by atoms with E-state index < -0.39 is 35.4 Å². The zero-order valence-corrected chi connectivity index (χ0v) is 42.3. The summed E-state index contributed by atoms with van der Waals surface area (Å²) < 4.78 is 42.5. The van der Waals surface area contributed by atoms with E-state index in [-0.39, 0.29) is 100 Å². The average Bonchev–Trinajstić information content (AvgIpc) is 3.78. The van der Waals surface area contributed by atoms with Crippen LogP contribution < -0.4 is 10.9 Å². The topological polar surface area (TPSA) is 178 Å². The van der Waals surface area contributed by atoms with E-state index in [2.05, 4.69) is 22.1 Å². The fourth-order valence-electron chi connectivity index (χ4n) is 9.52. The number of ether oxygens (including phenoxy) is 2. The third-order valence-corrected chi connectivity index (χ3v) is 13.4. The standard InChI is InChI=1S/C57H51F2N7O7.C3H6/c1-2-36-10-9-11-38(28-36)39-31-40(33-60)53(50(59)32-39)55(69)61-20-26-72-27-25-66(57(71)73-35-48-43-14-5-3-12-41(43)42-13-4-6-15-44(42)48)34-52(67)64-21-23-65(24-22-64)56(70)47-29-37(18-19-49(47)58)30-51-45-16-7-8-17-46(45)54(68)63-62-51;1-3-2/h3-19,28-29,31-32,48H,2,20-27,30,34-35H2,1H3,(H,61,69)(H,63,68);3H,1H2,2H3. The molecule has 0 spiro atoms. The Morgan fingerprint density at radius 2 is 1.49 bits per heavy atom. The molecule has 1 fully saturated rings. The molecule has 4 amide bonds. The van der Waals surface area contributed by atoms with E-state index in [1.54, 1.807) is 36.4 Å². The van der Waals surface area contributed by atoms with Crippen LogP contribution in [-0.2, 0) is 27.1 Å². The lowest BCUT2D eigenvalue weighted by atomic mass is 9.97. The number of piperazine rings is 1. The van der Waals surface area contributed by atoms with Gasteiger partial charge in [0, 0.05) is 57.0 Å². The fourth-order valence-corrected chi connectivity index (χ4v) is 9.52. The van der Waals surface area contributed by atoms with E-state index in [1.807, 2.05) is 92.7 Å². The van der Waals surface area contributed by atoms with E-state index in [0.717, 1.165) is 39.8 Å². The van der Waals surface area contributed by atoms with Crippen molar-refractivity contribution in [1.29, 1.82) is 5.26 Å². The summed E-state index contributed by atoms with van der Waals surface area (Å²) in [5, 5.41) is 20.3. The number of amides is 4. The van der Waals surface area contributed by atoms with E-state index in [9.17, 15) is 29.2 Å². The molecular formula is C60H57F2N7O7. The number of carbonyl (C=O) groups excluding carboxylic acids is 4. The predicted octanol–water partition coefficient (Wildman–Crippen LogP) is 9.07. The van der Waals surface area contributed by atoms with Crippen LogP contribution in [0.1, 0.15) is 74.0 Å². The van der Waals surface area contributed by atoms with Crippen molar-refractivity contribution in [3.63, 3.8) is 0 Å². The Balaban J connectivity index is 0.00000249. The molecule has 0 saturated carbocycles. The monoisotopic (exact) mass is 1030 g/mol. The number of aromatic nitrogens is 2. The molecule has 0 radical (unpaired) electrons. The number of nitrogens with zero attached hydrogens (tertiary/aromatic N) is 5. The Morgan fingerprint density at radius 1 is 0.816 bits per heavy atom. The molecule has 1 saturated heterocycles. The van der Waals surface area contributed by atoms with Crippen LogP contribution >= 0.6 is 0 Å². The zero-order valence-electron chi connectivity index (χ0n) is 42.3. The van der Waals surface area contributed by atoms with Gasteiger partial charge < -0.3 is 24.6 Å². The van der Waals surface area contributed by atoms with Crippen molar-refractivity contribution < 1.29 is 37.4 Å². The number of aromatic amines is 1. The van der Waals surface area contributed by atoms with Crippen molar-refractivity contribution in [2.24, 2.45) is 0 Å². The number of aryl methyl sites for hydroxylation is 1. The highest BCUT2D eigenvalue weighted by Crippen LogP contribution is 2.44. The van der Waals surface area contributed by atoms with Crippen LogP contribution in [0.3, 0.4) is 0 Å². The van der Waals surface area contributed by atoms with Crippen molar-refractivity contribution in [3.8, 4) is 28.3 Å². The fraction of sp³-hybridized carbons (Fsp3) is 0.250. The number of rotatable bonds is 16. The predicted molar refractivity (Wildman–Crippen MR) is 286 cm³/mol. The SMILES string of the molecule is C=CC.CCc1cccc(-c2cc(F)c(C(=O)NCCOCCN(CC(=O)N3CCN(C(=O)c4cc(Cc5n[nH]c(=O)c6ccccc56)ccc4F)CC3)C(=O)OCC3c4ccccc4-c4ccccc43)c(C#N)c2)c1. The van der Waals surface area contributed by atoms with E-state index in [4.69, 9.17) is 9.47 Å². The van der Waals surface area contributed by atoms with Crippen LogP contribution in [0.25, 0.3) is 33.0 Å². The van der Waals surface area contributed by atoms with Gasteiger partial charge in [-0.1, -0.05) is 110 Å². The van der Waals surface area contributed by atoms with Gasteiger partial charge in [0.2, 0.25) is 5.91 Å². The molecule has 1 aliphatic carbocycles. The molecule has 7 aromatic rings. The van der Waals surface area contributed by atoms with Crippen molar-refractivity contribution >= 4 is 34.6 Å². The maximum absolute atomic E-state index is 15.5. The normalized spacial score (nSPS) is 12.7. The lowest BCUT2D eigenvalue weighted by molar-refractivity contribution is -0.133. The largest absolute Gasteiger partial charge is 0.448 e. The molecule has 2 N–H and O–H groups in total. The van der Waals surface area contributed by atoms with Gasteiger partial charge in [-0.3, -0.25) is 24.1 Å². The van der Waals surface area contributed by atoms with Gasteiger partial charge in [0.1, 0.15) is 30.9 Å². The van der Waals surface area contributed by atoms with Crippen LogP contribution in [0.15, 0.2) is 145 Å². The molecule has 1 aromatic heterocycles. The maximum atomic E-state index is 15.5. The Labute approximate surface area is 439 Å². The highest BCUT2D eigenvalue weighted by Gasteiger charge is 2.32. The molecule has 14 nitrogen and oxygen atoms in total. The number of H-pyrrole nitrogens is 1. The molecule has 1 aliphatic heterocycles. The molecule has 0 bridgehead atoms. The van der Waals surface area contributed by atoms with Gasteiger partial charge in [-0.05, 0) is 88.2 Å². The molecule has 2 aliphatic rings. The molecule has 76 heavy (non-hydrogen) atoms. The lowest BCUT2D eigenvalue weighted by Crippen LogP contribution is -2.53. The first-order chi connectivity index (χ1) is 36.9. The van der Waals surface area contributed by atoms with Crippen LogP contribution in [0, 0.1) is 23.0 Å². The number of hydrogen-bond donors (Lipinski definition) is 2. The maximum Gasteiger partial charge on any atom is 0.410 e. The minimum absolute atomic E-state index is 0.00824. The van der Waals surface area contributed by atoms with E-state index >= 15 is 8.78 Å². The summed E-state index contributed by atoms with van der Waals surface area (Å²) in [5.41, 5.74) is 6.62. The molecule has 6 aromatic carbocycles. The second kappa shape index (κ2) is 24.9. The smallest absolute Gasteiger partial charge is 0.410 e. The zero-order chi connectivity index (χ0) is 53.7. The first-order valence-corrected chi connectivity index (χ1v) is 25.1. The number of allylic oxidation sites excluding steroid dienone is 1. The molecule has 0 unspecified atom stereocenters. The van der Waals surface area contributed by atoms with Crippen molar-refractivity contribution in [1.82, 2.24) is 30.2 Å². The number of carbonyl (C=O) groups is 4. The van der Waals surface area contributed by atoms with Crippen molar-refractivity contribution in [2.75, 3.05) is 65.6 Å². The van der Waals surface area contributed by atoms with Crippen LogP contribution in [0.2, 0.25) is 0 Å². The summed E-state index contributed by atoms with van der Waals surface area (Å²) in [5.74, 6) is -3.50. The highest BCUT2D eigenvalue weighted by molar-refractivity contribution is 5.98. The average molecular weight is 1030 g/mol. The third-order valence-electron chi connectivity index (χ3n) is 13.4. The van der Waals surface area contributed by atoms with E-state index in [1.165, 1.54) is 39.0 Å². The first kappa shape index (κ1) is 53.5. The van der Waals surface area contributed by atoms with Crippen molar-refractivity contribution in [2.45, 2.75) is 32.6 Å². The summed E-state index contributed by atoms with van der Waals surface area (Å²) in [4.78, 5) is 71.4. The van der Waals surface area contributed by atoms with Gasteiger partial charge in [0.05, 0.1) is 41.0 Å². The summed E-state index contributed by atoms with van der Waals surface area (Å²) in [6, 6.07) is 39.3. The highest BCUT2D eigenvalue weighted by atomic mass is 19.1. The Hall–Kier alpha value is -8.81. The molecular weight excluding hydrogens is 969 g/mol. The minimum atomic E-state index is -0.836. The molecule has 0 atom stereocenters. The van der Waals surface area contributed by atoms with Gasteiger partial charge in [0.15, 0.2) is 0 Å². The van der Waals surface area contributed by atoms with Crippen molar-refractivity contribution in [3.05, 3.63) is 207 Å². The number of halogens is 2. The first-order valence-electron chi connectivity index (χ1n) is 25.1. The molecule has 9 rings (SSSR count). The number of fused-ring (bicyclic) bond motifs is 4. The number of hydrogen-bond acceptors (Lipinski definition) is 9. The molecule has 388 valence electrons. The Morgan fingerprint density at radius 3 is 2.18 bits per heavy atom. The lowest BCUT2D eigenvalue weighted by Gasteiger charge is -2.36. The minimum Gasteiger partial charge on any atom is -0.448 e. The number of benzene rings is 6. The molecule has 16 heteroatoms. The van der Waals surface area contributed by atoms with Crippen LogP contribution in [0.4, 0.5) is 13.6 Å². The number of nitriles is 1. The summed E-state index contributed by atoms with van der Waals surface area (Å²) >= 11 is 0. The van der Waals surface area contributed by atoms with Gasteiger partial charge in [-0.2, -0.15) is 10.4 Å². The van der Waals surface area contributed by atoms with Crippen LogP contribution in [0.5, 0.6) is 0 Å². The summed E-state index contributed by atoms with van der Waals surface area (Å²) in [7, 11) is 0. The summed E-state index contributed by atoms with van der Waals surface area (Å²) in [6.45, 7) is 7.14. The third kappa shape index (κ3) is 12.2. The second-order valence-electron chi connectivity index (χ2n) is 18.3. The second-order valence-corrected chi connectivity index (χ2v) is 18.3. The Kier molecular flexibility index (Phi) is 17.6. The number of nitrogens with one attached hydrogen (secondary N) is 2. The van der Waals surface area contributed by atoms with E-state index in [0.29, 0.717) is 27.6 Å². The molecule has 2 heterocycles.